The standard InChI is InChI=1S/C38H40F3N3Si/c1-36(2,3)31-21-26(20-25-11-9-10-12-29(25)31)33-35-34(43-23-42-33)30-19-24(22-37(4,5)38(39,40)41)13-18-32(30)44(35)27-14-16-28(17-15-27)45(6,7)8/h9-21,23H,22H2,1-8H3. The predicted molar refractivity (Wildman–Crippen MR) is 185 cm³/mol. The van der Waals surface area contributed by atoms with E-state index in [0.717, 1.165) is 44.3 Å². The molecule has 6 aromatic rings. The van der Waals surface area contributed by atoms with Gasteiger partial charge >= 0.3 is 6.18 Å². The first-order valence-electron chi connectivity index (χ1n) is 15.4. The van der Waals surface area contributed by atoms with Crippen LogP contribution < -0.4 is 5.19 Å². The van der Waals surface area contributed by atoms with Crippen molar-refractivity contribution in [3.63, 3.8) is 0 Å². The predicted octanol–water partition coefficient (Wildman–Crippen LogP) is 10.4. The first kappa shape index (κ1) is 31.0. The number of hydrogen-bond donors (Lipinski definition) is 0. The number of aromatic nitrogens is 3. The maximum Gasteiger partial charge on any atom is 0.394 e. The number of halogens is 3. The van der Waals surface area contributed by atoms with E-state index in [1.165, 1.54) is 30.0 Å². The molecule has 2 heterocycles. The maximum atomic E-state index is 13.9. The maximum absolute atomic E-state index is 13.9. The molecule has 0 saturated heterocycles. The van der Waals surface area contributed by atoms with E-state index in [9.17, 15) is 13.2 Å². The van der Waals surface area contributed by atoms with E-state index < -0.39 is 19.7 Å². The summed E-state index contributed by atoms with van der Waals surface area (Å²) >= 11 is 0. The highest BCUT2D eigenvalue weighted by molar-refractivity contribution is 6.88. The fourth-order valence-electron chi connectivity index (χ4n) is 6.25. The minimum absolute atomic E-state index is 0.110. The zero-order valence-corrected chi connectivity index (χ0v) is 28.3. The van der Waals surface area contributed by atoms with Crippen molar-refractivity contribution in [1.29, 1.82) is 0 Å². The SMILES string of the molecule is CC(C)(C)c1cc(-c2ncnc3c4cc(CC(C)(C)C(F)(F)F)ccc4n(-c4ccc([Si](C)(C)C)cc4)c23)cc2ccccc12. The summed E-state index contributed by atoms with van der Waals surface area (Å²) in [5.74, 6) is 0. The van der Waals surface area contributed by atoms with Gasteiger partial charge < -0.3 is 4.57 Å². The van der Waals surface area contributed by atoms with Gasteiger partial charge in [-0.1, -0.05) is 102 Å². The molecule has 0 atom stereocenters. The van der Waals surface area contributed by atoms with E-state index in [-0.39, 0.29) is 11.8 Å². The molecule has 0 aliphatic carbocycles. The van der Waals surface area contributed by atoms with E-state index >= 15 is 0 Å². The Morgan fingerprint density at radius 1 is 0.756 bits per heavy atom. The normalized spacial score (nSPS) is 13.3. The monoisotopic (exact) mass is 623 g/mol. The van der Waals surface area contributed by atoms with Crippen molar-refractivity contribution in [3.05, 3.63) is 96.3 Å². The van der Waals surface area contributed by atoms with Crippen LogP contribution in [0, 0.1) is 5.41 Å². The van der Waals surface area contributed by atoms with Gasteiger partial charge in [0, 0.05) is 16.6 Å². The van der Waals surface area contributed by atoms with Crippen molar-refractivity contribution in [1.82, 2.24) is 14.5 Å². The summed E-state index contributed by atoms with van der Waals surface area (Å²) in [5, 5.41) is 4.50. The van der Waals surface area contributed by atoms with Crippen LogP contribution >= 0.6 is 0 Å². The molecule has 0 radical (unpaired) electrons. The van der Waals surface area contributed by atoms with Crippen LogP contribution in [0.25, 0.3) is 49.7 Å². The molecule has 0 amide bonds. The van der Waals surface area contributed by atoms with Gasteiger partial charge in [-0.05, 0) is 70.1 Å². The molecular weight excluding hydrogens is 584 g/mol. The van der Waals surface area contributed by atoms with Crippen LogP contribution in [0.5, 0.6) is 0 Å². The minimum atomic E-state index is -4.32. The Morgan fingerprint density at radius 2 is 1.44 bits per heavy atom. The average Bonchev–Trinajstić information content (AvgIpc) is 3.29. The first-order chi connectivity index (χ1) is 21.0. The van der Waals surface area contributed by atoms with Crippen LogP contribution in [0.1, 0.15) is 45.7 Å². The second-order valence-corrected chi connectivity index (χ2v) is 20.0. The number of benzene rings is 4. The summed E-state index contributed by atoms with van der Waals surface area (Å²) in [5.41, 5.74) is 5.07. The van der Waals surface area contributed by atoms with Gasteiger partial charge in [0.2, 0.25) is 0 Å². The molecular formula is C38H40F3N3Si. The van der Waals surface area contributed by atoms with Crippen molar-refractivity contribution in [2.45, 2.75) is 72.3 Å². The summed E-state index contributed by atoms with van der Waals surface area (Å²) in [6.45, 7) is 16.1. The third-order valence-corrected chi connectivity index (χ3v) is 11.0. The van der Waals surface area contributed by atoms with E-state index in [1.54, 1.807) is 6.33 Å². The van der Waals surface area contributed by atoms with Gasteiger partial charge in [-0.3, -0.25) is 0 Å². The van der Waals surface area contributed by atoms with E-state index in [0.29, 0.717) is 5.56 Å². The van der Waals surface area contributed by atoms with E-state index in [1.807, 2.05) is 18.2 Å². The summed E-state index contributed by atoms with van der Waals surface area (Å²) in [7, 11) is -1.53. The lowest BCUT2D eigenvalue weighted by atomic mass is 9.82. The lowest BCUT2D eigenvalue weighted by Crippen LogP contribution is -2.37. The van der Waals surface area contributed by atoms with Gasteiger partial charge in [0.1, 0.15) is 11.8 Å². The molecule has 4 aromatic carbocycles. The summed E-state index contributed by atoms with van der Waals surface area (Å²) in [6, 6.07) is 27.2. The van der Waals surface area contributed by atoms with Gasteiger partial charge in [0.15, 0.2) is 0 Å². The van der Waals surface area contributed by atoms with E-state index in [4.69, 9.17) is 9.97 Å². The Balaban J connectivity index is 1.67. The van der Waals surface area contributed by atoms with Crippen molar-refractivity contribution in [2.75, 3.05) is 0 Å². The van der Waals surface area contributed by atoms with Gasteiger partial charge in [-0.25, -0.2) is 9.97 Å². The second kappa shape index (κ2) is 10.5. The van der Waals surface area contributed by atoms with Gasteiger partial charge in [0.25, 0.3) is 0 Å². The second-order valence-electron chi connectivity index (χ2n) is 15.0. The summed E-state index contributed by atoms with van der Waals surface area (Å²) in [4.78, 5) is 9.66. The number of hydrogen-bond acceptors (Lipinski definition) is 2. The smallest absolute Gasteiger partial charge is 0.306 e. The molecule has 6 rings (SSSR count). The van der Waals surface area contributed by atoms with Crippen molar-refractivity contribution >= 4 is 46.0 Å². The highest BCUT2D eigenvalue weighted by atomic mass is 28.3. The van der Waals surface area contributed by atoms with Crippen LogP contribution in [-0.4, -0.2) is 28.8 Å². The van der Waals surface area contributed by atoms with Crippen molar-refractivity contribution in [3.8, 4) is 16.9 Å². The fourth-order valence-corrected chi connectivity index (χ4v) is 7.42. The molecule has 0 spiro atoms. The quantitative estimate of drug-likeness (QED) is 0.179. The Bertz CT molecular complexity index is 2060. The van der Waals surface area contributed by atoms with Gasteiger partial charge in [0.05, 0.1) is 30.2 Å². The number of fused-ring (bicyclic) bond motifs is 4. The summed E-state index contributed by atoms with van der Waals surface area (Å²) in [6.07, 6.45) is -2.86. The number of rotatable bonds is 5. The molecule has 45 heavy (non-hydrogen) atoms. The first-order valence-corrected chi connectivity index (χ1v) is 18.9. The number of alkyl halides is 3. The summed E-state index contributed by atoms with van der Waals surface area (Å²) < 4.78 is 43.8. The van der Waals surface area contributed by atoms with Crippen LogP contribution in [0.3, 0.4) is 0 Å². The van der Waals surface area contributed by atoms with E-state index in [2.05, 4.69) is 106 Å². The topological polar surface area (TPSA) is 30.7 Å². The third-order valence-electron chi connectivity index (χ3n) is 8.95. The van der Waals surface area contributed by atoms with Gasteiger partial charge in [-0.15, -0.1) is 0 Å². The average molecular weight is 624 g/mol. The molecule has 0 bridgehead atoms. The highest BCUT2D eigenvalue weighted by Crippen LogP contribution is 2.43. The molecule has 3 nitrogen and oxygen atoms in total. The van der Waals surface area contributed by atoms with Crippen LogP contribution in [-0.2, 0) is 11.8 Å². The zero-order valence-electron chi connectivity index (χ0n) is 27.3. The van der Waals surface area contributed by atoms with Crippen LogP contribution in [0.15, 0.2) is 85.2 Å². The van der Waals surface area contributed by atoms with Crippen LogP contribution in [0.4, 0.5) is 13.2 Å². The molecule has 0 fully saturated rings. The molecule has 0 aliphatic heterocycles. The van der Waals surface area contributed by atoms with Crippen molar-refractivity contribution < 1.29 is 13.2 Å². The third kappa shape index (κ3) is 5.56. The molecule has 0 saturated carbocycles. The Morgan fingerprint density at radius 3 is 2.09 bits per heavy atom. The Hall–Kier alpha value is -3.97. The number of nitrogens with zero attached hydrogens (tertiary/aromatic N) is 3. The minimum Gasteiger partial charge on any atom is -0.306 e. The zero-order chi connectivity index (χ0) is 32.5. The molecule has 7 heteroatoms. The van der Waals surface area contributed by atoms with Gasteiger partial charge in [-0.2, -0.15) is 13.2 Å². The molecule has 0 unspecified atom stereocenters. The highest BCUT2D eigenvalue weighted by Gasteiger charge is 2.47. The largest absolute Gasteiger partial charge is 0.394 e. The van der Waals surface area contributed by atoms with Crippen molar-refractivity contribution in [2.24, 2.45) is 5.41 Å². The molecule has 2 aromatic heterocycles. The fraction of sp³-hybridized carbons (Fsp3) is 0.316. The lowest BCUT2D eigenvalue weighted by Gasteiger charge is -2.27. The lowest BCUT2D eigenvalue weighted by molar-refractivity contribution is -0.211. The Labute approximate surface area is 264 Å². The van der Waals surface area contributed by atoms with Crippen LogP contribution in [0.2, 0.25) is 19.6 Å². The molecule has 0 aliphatic rings. The molecule has 232 valence electrons. The molecule has 0 N–H and O–H groups in total. The Kier molecular flexibility index (Phi) is 7.27.